The number of anilines is 1. The zero-order chi connectivity index (χ0) is 11.3. The zero-order valence-corrected chi connectivity index (χ0v) is 10.3. The molecular formula is C13H21N3. The van der Waals surface area contributed by atoms with E-state index in [1.807, 2.05) is 0 Å². The van der Waals surface area contributed by atoms with E-state index in [4.69, 9.17) is 10.8 Å². The van der Waals surface area contributed by atoms with Crippen LogP contribution in [0.4, 0.5) is 5.82 Å². The molecule has 0 atom stereocenters. The molecule has 2 N–H and O–H groups in total. The van der Waals surface area contributed by atoms with E-state index in [-0.39, 0.29) is 5.41 Å². The fraction of sp³-hybridized carbons (Fsp3) is 0.769. The Morgan fingerprint density at radius 3 is 2.62 bits per heavy atom. The minimum Gasteiger partial charge on any atom is -0.384 e. The molecule has 0 aliphatic heterocycles. The molecule has 0 bridgehead atoms. The van der Waals surface area contributed by atoms with E-state index in [0.29, 0.717) is 6.04 Å². The van der Waals surface area contributed by atoms with Crippen LogP contribution in [-0.2, 0) is 11.8 Å². The second-order valence-corrected chi connectivity index (χ2v) is 5.97. The van der Waals surface area contributed by atoms with Gasteiger partial charge in [-0.15, -0.1) is 0 Å². The molecule has 1 saturated carbocycles. The van der Waals surface area contributed by atoms with Crippen LogP contribution in [-0.4, -0.2) is 9.78 Å². The van der Waals surface area contributed by atoms with Crippen LogP contribution in [0.25, 0.3) is 0 Å². The third-order valence-corrected chi connectivity index (χ3v) is 4.35. The lowest BCUT2D eigenvalue weighted by molar-refractivity contribution is 0.457. The largest absolute Gasteiger partial charge is 0.384 e. The van der Waals surface area contributed by atoms with Crippen LogP contribution in [0.3, 0.4) is 0 Å². The van der Waals surface area contributed by atoms with E-state index in [0.717, 1.165) is 12.2 Å². The van der Waals surface area contributed by atoms with E-state index >= 15 is 0 Å². The van der Waals surface area contributed by atoms with Crippen molar-refractivity contribution in [1.82, 2.24) is 9.78 Å². The molecule has 2 aliphatic carbocycles. The summed E-state index contributed by atoms with van der Waals surface area (Å²) in [6, 6.07) is 0.571. The average Bonchev–Trinajstić information content (AvgIpc) is 2.86. The first kappa shape index (κ1) is 10.2. The summed E-state index contributed by atoms with van der Waals surface area (Å²) in [5.41, 5.74) is 9.13. The first-order chi connectivity index (χ1) is 7.59. The SMILES string of the molecule is CC1(C)CCc2nn(C3CCCC3)c(N)c21. The summed E-state index contributed by atoms with van der Waals surface area (Å²) < 4.78 is 2.12. The van der Waals surface area contributed by atoms with Crippen molar-refractivity contribution in [2.45, 2.75) is 63.8 Å². The minimum atomic E-state index is 0.232. The molecule has 16 heavy (non-hydrogen) atoms. The van der Waals surface area contributed by atoms with Crippen molar-refractivity contribution in [1.29, 1.82) is 0 Å². The third-order valence-electron chi connectivity index (χ3n) is 4.35. The Morgan fingerprint density at radius 2 is 2.00 bits per heavy atom. The predicted octanol–water partition coefficient (Wildman–Crippen LogP) is 2.80. The number of hydrogen-bond acceptors (Lipinski definition) is 2. The van der Waals surface area contributed by atoms with Gasteiger partial charge in [0, 0.05) is 5.56 Å². The van der Waals surface area contributed by atoms with E-state index in [1.54, 1.807) is 0 Å². The molecular weight excluding hydrogens is 198 g/mol. The topological polar surface area (TPSA) is 43.8 Å². The average molecular weight is 219 g/mol. The van der Waals surface area contributed by atoms with Crippen molar-refractivity contribution in [3.05, 3.63) is 11.3 Å². The lowest BCUT2D eigenvalue weighted by atomic mass is 9.87. The molecule has 3 rings (SSSR count). The summed E-state index contributed by atoms with van der Waals surface area (Å²) in [5.74, 6) is 0.949. The molecule has 1 aromatic rings. The Balaban J connectivity index is 2.04. The second-order valence-electron chi connectivity index (χ2n) is 5.97. The second kappa shape index (κ2) is 3.25. The van der Waals surface area contributed by atoms with Crippen molar-refractivity contribution in [2.24, 2.45) is 0 Å². The molecule has 1 fully saturated rings. The van der Waals surface area contributed by atoms with Crippen LogP contribution in [0, 0.1) is 0 Å². The smallest absolute Gasteiger partial charge is 0.126 e. The molecule has 0 saturated heterocycles. The standard InChI is InChI=1S/C13H21N3/c1-13(2)8-7-10-11(13)12(14)16(15-10)9-5-3-4-6-9/h9H,3-8,14H2,1-2H3. The lowest BCUT2D eigenvalue weighted by Gasteiger charge is -2.20. The Morgan fingerprint density at radius 1 is 1.31 bits per heavy atom. The maximum atomic E-state index is 6.31. The molecule has 3 heteroatoms. The molecule has 0 unspecified atom stereocenters. The summed E-state index contributed by atoms with van der Waals surface area (Å²) in [6.07, 6.45) is 7.47. The number of nitrogen functional groups attached to an aromatic ring is 1. The molecule has 0 aromatic carbocycles. The summed E-state index contributed by atoms with van der Waals surface area (Å²) in [5, 5.41) is 4.76. The van der Waals surface area contributed by atoms with Gasteiger partial charge in [0.25, 0.3) is 0 Å². The van der Waals surface area contributed by atoms with Gasteiger partial charge in [-0.25, -0.2) is 4.68 Å². The van der Waals surface area contributed by atoms with E-state index in [9.17, 15) is 0 Å². The third kappa shape index (κ3) is 1.30. The predicted molar refractivity (Wildman–Crippen MR) is 65.5 cm³/mol. The molecule has 0 radical (unpaired) electrons. The highest BCUT2D eigenvalue weighted by atomic mass is 15.3. The van der Waals surface area contributed by atoms with Crippen molar-refractivity contribution < 1.29 is 0 Å². The van der Waals surface area contributed by atoms with Gasteiger partial charge < -0.3 is 5.73 Å². The van der Waals surface area contributed by atoms with Crippen LogP contribution >= 0.6 is 0 Å². The van der Waals surface area contributed by atoms with Gasteiger partial charge in [-0.2, -0.15) is 5.10 Å². The van der Waals surface area contributed by atoms with Crippen LogP contribution in [0.2, 0.25) is 0 Å². The van der Waals surface area contributed by atoms with Gasteiger partial charge >= 0.3 is 0 Å². The normalized spacial score (nSPS) is 23.9. The van der Waals surface area contributed by atoms with Gasteiger partial charge in [-0.05, 0) is 31.1 Å². The molecule has 0 spiro atoms. The maximum absolute atomic E-state index is 6.31. The Kier molecular flexibility index (Phi) is 2.07. The summed E-state index contributed by atoms with van der Waals surface area (Å²) in [7, 11) is 0. The number of nitrogens with zero attached hydrogens (tertiary/aromatic N) is 2. The molecule has 1 heterocycles. The van der Waals surface area contributed by atoms with Gasteiger partial charge in [-0.3, -0.25) is 0 Å². The van der Waals surface area contributed by atoms with Gasteiger partial charge in [0.05, 0.1) is 11.7 Å². The van der Waals surface area contributed by atoms with E-state index < -0.39 is 0 Å². The molecule has 0 amide bonds. The highest BCUT2D eigenvalue weighted by Crippen LogP contribution is 2.43. The van der Waals surface area contributed by atoms with Gasteiger partial charge in [0.2, 0.25) is 0 Å². The number of fused-ring (bicyclic) bond motifs is 1. The molecule has 2 aliphatic rings. The molecule has 1 aromatic heterocycles. The van der Waals surface area contributed by atoms with Crippen molar-refractivity contribution in [3.8, 4) is 0 Å². The zero-order valence-electron chi connectivity index (χ0n) is 10.3. The fourth-order valence-electron chi connectivity index (χ4n) is 3.39. The minimum absolute atomic E-state index is 0.232. The van der Waals surface area contributed by atoms with Crippen LogP contribution in [0.1, 0.15) is 63.3 Å². The molecule has 3 nitrogen and oxygen atoms in total. The number of nitrogens with two attached hydrogens (primary N) is 1. The van der Waals surface area contributed by atoms with Crippen molar-refractivity contribution >= 4 is 5.82 Å². The van der Waals surface area contributed by atoms with Gasteiger partial charge in [-0.1, -0.05) is 26.7 Å². The van der Waals surface area contributed by atoms with Crippen LogP contribution in [0.15, 0.2) is 0 Å². The van der Waals surface area contributed by atoms with Gasteiger partial charge in [0.1, 0.15) is 5.82 Å². The highest BCUT2D eigenvalue weighted by molar-refractivity contribution is 5.51. The number of aromatic nitrogens is 2. The summed E-state index contributed by atoms with van der Waals surface area (Å²) >= 11 is 0. The first-order valence-corrected chi connectivity index (χ1v) is 6.47. The molecule has 88 valence electrons. The number of aryl methyl sites for hydroxylation is 1. The fourth-order valence-corrected chi connectivity index (χ4v) is 3.39. The van der Waals surface area contributed by atoms with Crippen molar-refractivity contribution in [3.63, 3.8) is 0 Å². The van der Waals surface area contributed by atoms with Gasteiger partial charge in [0.15, 0.2) is 0 Å². The Hall–Kier alpha value is -0.990. The number of hydrogen-bond donors (Lipinski definition) is 1. The summed E-state index contributed by atoms with van der Waals surface area (Å²) in [6.45, 7) is 4.58. The summed E-state index contributed by atoms with van der Waals surface area (Å²) in [4.78, 5) is 0. The monoisotopic (exact) mass is 219 g/mol. The highest BCUT2D eigenvalue weighted by Gasteiger charge is 2.37. The van der Waals surface area contributed by atoms with Crippen molar-refractivity contribution in [2.75, 3.05) is 5.73 Å². The van der Waals surface area contributed by atoms with Crippen LogP contribution < -0.4 is 5.73 Å². The quantitative estimate of drug-likeness (QED) is 0.789. The Labute approximate surface area is 97.0 Å². The van der Waals surface area contributed by atoms with Crippen LogP contribution in [0.5, 0.6) is 0 Å². The first-order valence-electron chi connectivity index (χ1n) is 6.47. The number of rotatable bonds is 1. The lowest BCUT2D eigenvalue weighted by Crippen LogP contribution is -2.17. The van der Waals surface area contributed by atoms with E-state index in [1.165, 1.54) is 43.4 Å². The maximum Gasteiger partial charge on any atom is 0.126 e. The Bertz CT molecular complexity index is 411. The van der Waals surface area contributed by atoms with E-state index in [2.05, 4.69) is 18.5 Å².